The van der Waals surface area contributed by atoms with Gasteiger partial charge in [0.05, 0.1) is 0 Å². The third-order valence-electron chi connectivity index (χ3n) is 4.51. The molecule has 0 aliphatic rings. The van der Waals surface area contributed by atoms with Crippen molar-refractivity contribution in [3.63, 3.8) is 0 Å². The second kappa shape index (κ2) is 9.81. The number of rotatable bonds is 10. The van der Waals surface area contributed by atoms with Crippen molar-refractivity contribution in [1.82, 2.24) is 4.98 Å². The van der Waals surface area contributed by atoms with Crippen LogP contribution in [0.15, 0.2) is 18.5 Å². The molecule has 0 N–H and O–H groups in total. The Balaban J connectivity index is 3.04. The van der Waals surface area contributed by atoms with E-state index in [2.05, 4.69) is 44.9 Å². The first-order valence-electron chi connectivity index (χ1n) is 8.60. The van der Waals surface area contributed by atoms with Crippen LogP contribution in [-0.4, -0.2) is 23.4 Å². The molecule has 1 rings (SSSR count). The van der Waals surface area contributed by atoms with Crippen LogP contribution in [0.2, 0.25) is 13.3 Å². The fourth-order valence-electron chi connectivity index (χ4n) is 3.20. The fraction of sp³-hybridized carbons (Fsp3) is 0.722. The summed E-state index contributed by atoms with van der Waals surface area (Å²) < 4.78 is 6.32. The molecule has 0 saturated heterocycles. The first-order chi connectivity index (χ1) is 9.68. The molecule has 1 heterocycles. The van der Waals surface area contributed by atoms with Gasteiger partial charge in [0.25, 0.3) is 0 Å². The van der Waals surface area contributed by atoms with E-state index < -0.39 is 18.4 Å². The van der Waals surface area contributed by atoms with E-state index in [0.717, 1.165) is 0 Å². The standard InChI is InChI=1S/C6H6N.3C4H9.Sn/c1-6-3-2-4-7-5-6;3*1-3-4-2;/h3-5H,1H3;3*1,3-4H2,2H3;. The summed E-state index contributed by atoms with van der Waals surface area (Å²) in [6.07, 6.45) is 12.6. The summed E-state index contributed by atoms with van der Waals surface area (Å²) in [7, 11) is 0. The summed E-state index contributed by atoms with van der Waals surface area (Å²) in [6.45, 7) is 9.22. The van der Waals surface area contributed by atoms with Crippen LogP contribution < -0.4 is 3.58 Å². The van der Waals surface area contributed by atoms with Crippen LogP contribution in [0.3, 0.4) is 0 Å². The monoisotopic (exact) mass is 383 g/mol. The molecule has 114 valence electrons. The third-order valence-corrected chi connectivity index (χ3v) is 20.0. The van der Waals surface area contributed by atoms with Crippen molar-refractivity contribution < 1.29 is 0 Å². The van der Waals surface area contributed by atoms with E-state index in [1.165, 1.54) is 57.4 Å². The second-order valence-corrected chi connectivity index (χ2v) is 19.6. The van der Waals surface area contributed by atoms with E-state index in [1.54, 1.807) is 3.58 Å². The van der Waals surface area contributed by atoms with E-state index in [0.29, 0.717) is 0 Å². The molecule has 0 atom stereocenters. The molecule has 1 aromatic heterocycles. The van der Waals surface area contributed by atoms with E-state index in [4.69, 9.17) is 0 Å². The fourth-order valence-corrected chi connectivity index (χ4v) is 19.2. The predicted octanol–water partition coefficient (Wildman–Crippen LogP) is 5.45. The second-order valence-electron chi connectivity index (χ2n) is 6.34. The number of aromatic nitrogens is 1. The summed E-state index contributed by atoms with van der Waals surface area (Å²) in [5.74, 6) is 0. The summed E-state index contributed by atoms with van der Waals surface area (Å²) in [5.41, 5.74) is 1.35. The minimum atomic E-state index is -2.20. The van der Waals surface area contributed by atoms with Gasteiger partial charge in [0.15, 0.2) is 0 Å². The maximum atomic E-state index is 4.53. The van der Waals surface area contributed by atoms with E-state index >= 15 is 0 Å². The summed E-state index contributed by atoms with van der Waals surface area (Å²) in [6, 6.07) is 2.48. The molecule has 0 radical (unpaired) electrons. The van der Waals surface area contributed by atoms with Crippen molar-refractivity contribution in [2.75, 3.05) is 0 Å². The SMILES string of the molecule is CCC[CH2][Sn]([CH2]CCC)([CH2]CCC)[c]1cncc(C)c1. The molecular weight excluding hydrogens is 349 g/mol. The molecule has 0 spiro atoms. The maximum absolute atomic E-state index is 4.53. The molecule has 1 aromatic rings. The van der Waals surface area contributed by atoms with Gasteiger partial charge in [-0.1, -0.05) is 0 Å². The average molecular weight is 382 g/mol. The van der Waals surface area contributed by atoms with Gasteiger partial charge in [0, 0.05) is 0 Å². The molecule has 20 heavy (non-hydrogen) atoms. The Morgan fingerprint density at radius 1 is 0.850 bits per heavy atom. The molecule has 0 aromatic carbocycles. The van der Waals surface area contributed by atoms with Gasteiger partial charge in [-0.25, -0.2) is 0 Å². The van der Waals surface area contributed by atoms with E-state index in [1.807, 2.05) is 6.20 Å². The zero-order valence-electron chi connectivity index (χ0n) is 14.0. The Hall–Kier alpha value is -0.0513. The van der Waals surface area contributed by atoms with Crippen LogP contribution in [0.25, 0.3) is 0 Å². The molecule has 0 aliphatic carbocycles. The van der Waals surface area contributed by atoms with Crippen molar-refractivity contribution in [1.29, 1.82) is 0 Å². The van der Waals surface area contributed by atoms with Crippen molar-refractivity contribution >= 4 is 22.0 Å². The topological polar surface area (TPSA) is 12.9 Å². The molecule has 0 saturated carbocycles. The van der Waals surface area contributed by atoms with E-state index in [-0.39, 0.29) is 0 Å². The van der Waals surface area contributed by atoms with Crippen LogP contribution in [0.5, 0.6) is 0 Å². The molecular formula is C18H33NSn. The van der Waals surface area contributed by atoms with Crippen LogP contribution in [0.1, 0.15) is 64.9 Å². The minimum absolute atomic E-state index is 1.34. The average Bonchev–Trinajstić information content (AvgIpc) is 2.47. The Kier molecular flexibility index (Phi) is 8.83. The van der Waals surface area contributed by atoms with Crippen molar-refractivity contribution in [2.24, 2.45) is 0 Å². The van der Waals surface area contributed by atoms with Crippen LogP contribution in [-0.2, 0) is 0 Å². The first kappa shape index (κ1) is 18.0. The third kappa shape index (κ3) is 5.38. The zero-order valence-corrected chi connectivity index (χ0v) is 16.9. The molecule has 0 aliphatic heterocycles. The van der Waals surface area contributed by atoms with Crippen LogP contribution in [0.4, 0.5) is 0 Å². The van der Waals surface area contributed by atoms with Gasteiger partial charge in [0.2, 0.25) is 0 Å². The molecule has 0 fully saturated rings. The summed E-state index contributed by atoms with van der Waals surface area (Å²) >= 11 is -2.20. The van der Waals surface area contributed by atoms with Gasteiger partial charge in [0.1, 0.15) is 0 Å². The molecule has 2 heteroatoms. The summed E-state index contributed by atoms with van der Waals surface area (Å²) in [4.78, 5) is 4.53. The van der Waals surface area contributed by atoms with Crippen molar-refractivity contribution in [3.8, 4) is 0 Å². The Morgan fingerprint density at radius 2 is 1.35 bits per heavy atom. The van der Waals surface area contributed by atoms with Crippen LogP contribution in [0, 0.1) is 6.92 Å². The van der Waals surface area contributed by atoms with E-state index in [9.17, 15) is 0 Å². The van der Waals surface area contributed by atoms with Crippen LogP contribution >= 0.6 is 0 Å². The number of nitrogens with zero attached hydrogens (tertiary/aromatic N) is 1. The quantitative estimate of drug-likeness (QED) is 0.491. The van der Waals surface area contributed by atoms with Crippen molar-refractivity contribution in [2.45, 2.75) is 79.5 Å². The van der Waals surface area contributed by atoms with Gasteiger partial charge in [-0.3, -0.25) is 0 Å². The van der Waals surface area contributed by atoms with Gasteiger partial charge in [-0.05, 0) is 0 Å². The number of pyridine rings is 1. The predicted molar refractivity (Wildman–Crippen MR) is 93.5 cm³/mol. The Morgan fingerprint density at radius 3 is 1.75 bits per heavy atom. The molecule has 0 bridgehead atoms. The summed E-state index contributed by atoms with van der Waals surface area (Å²) in [5, 5.41) is 0. The molecule has 0 amide bonds. The molecule has 1 nitrogen and oxygen atoms in total. The zero-order chi connectivity index (χ0) is 14.8. The normalized spacial score (nSPS) is 11.8. The van der Waals surface area contributed by atoms with Gasteiger partial charge in [-0.2, -0.15) is 0 Å². The van der Waals surface area contributed by atoms with Crippen molar-refractivity contribution in [3.05, 3.63) is 24.0 Å². The first-order valence-corrected chi connectivity index (χ1v) is 16.1. The Bertz CT molecular complexity index is 354. The molecule has 0 unspecified atom stereocenters. The number of aryl methyl sites for hydroxylation is 1. The van der Waals surface area contributed by atoms with Gasteiger partial charge >= 0.3 is 130 Å². The number of hydrogen-bond acceptors (Lipinski definition) is 1. The number of unbranched alkanes of at least 4 members (excludes halogenated alkanes) is 3. The Labute approximate surface area is 130 Å². The van der Waals surface area contributed by atoms with Gasteiger partial charge in [-0.15, -0.1) is 0 Å². The number of hydrogen-bond donors (Lipinski definition) is 0. The van der Waals surface area contributed by atoms with Gasteiger partial charge < -0.3 is 0 Å².